The quantitative estimate of drug-likeness (QED) is 0.858. The van der Waals surface area contributed by atoms with Crippen LogP contribution in [0.3, 0.4) is 0 Å². The first kappa shape index (κ1) is 14.8. The number of hydrogen-bond donors (Lipinski definition) is 1. The van der Waals surface area contributed by atoms with Crippen molar-refractivity contribution in [3.05, 3.63) is 64.4 Å². The lowest BCUT2D eigenvalue weighted by Gasteiger charge is -2.12. The van der Waals surface area contributed by atoms with Crippen LogP contribution in [0, 0.1) is 5.82 Å². The summed E-state index contributed by atoms with van der Waals surface area (Å²) < 4.78 is 18.4. The number of rotatable bonds is 6. The number of anilines is 1. The van der Waals surface area contributed by atoms with Crippen LogP contribution in [0.5, 0.6) is 0 Å². The van der Waals surface area contributed by atoms with E-state index in [-0.39, 0.29) is 5.82 Å². The van der Waals surface area contributed by atoms with Gasteiger partial charge in [-0.05, 0) is 41.8 Å². The fraction of sp³-hybridized carbons (Fsp3) is 0.250. The molecule has 2 rings (SSSR count). The van der Waals surface area contributed by atoms with Crippen molar-refractivity contribution in [2.24, 2.45) is 0 Å². The Balaban J connectivity index is 2.06. The van der Waals surface area contributed by atoms with Crippen molar-refractivity contribution < 1.29 is 9.13 Å². The minimum atomic E-state index is -0.318. The first-order valence-electron chi connectivity index (χ1n) is 6.44. The Morgan fingerprint density at radius 3 is 2.75 bits per heavy atom. The zero-order valence-corrected chi connectivity index (χ0v) is 12.1. The van der Waals surface area contributed by atoms with Crippen LogP contribution in [0.4, 0.5) is 10.1 Å². The molecule has 20 heavy (non-hydrogen) atoms. The Bertz CT molecular complexity index is 554. The van der Waals surface area contributed by atoms with Gasteiger partial charge < -0.3 is 10.1 Å². The molecule has 0 saturated carbocycles. The molecule has 2 nitrogen and oxygen atoms in total. The SMILES string of the molecule is COCCc1ccccc1NCc1cc(F)cc(Cl)c1. The zero-order chi connectivity index (χ0) is 14.4. The van der Waals surface area contributed by atoms with Crippen molar-refractivity contribution in [3.63, 3.8) is 0 Å². The van der Waals surface area contributed by atoms with Gasteiger partial charge in [-0.3, -0.25) is 0 Å². The van der Waals surface area contributed by atoms with E-state index < -0.39 is 0 Å². The highest BCUT2D eigenvalue weighted by Gasteiger charge is 2.03. The lowest BCUT2D eigenvalue weighted by Crippen LogP contribution is -2.04. The van der Waals surface area contributed by atoms with Crippen molar-refractivity contribution in [1.29, 1.82) is 0 Å². The van der Waals surface area contributed by atoms with Crippen LogP contribution in [0.15, 0.2) is 42.5 Å². The predicted molar refractivity (Wildman–Crippen MR) is 80.8 cm³/mol. The van der Waals surface area contributed by atoms with Gasteiger partial charge in [-0.25, -0.2) is 4.39 Å². The summed E-state index contributed by atoms with van der Waals surface area (Å²) in [6.07, 6.45) is 0.837. The summed E-state index contributed by atoms with van der Waals surface area (Å²) in [6, 6.07) is 12.6. The van der Waals surface area contributed by atoms with Crippen LogP contribution in [-0.4, -0.2) is 13.7 Å². The van der Waals surface area contributed by atoms with Gasteiger partial charge in [-0.1, -0.05) is 29.8 Å². The Morgan fingerprint density at radius 1 is 1.20 bits per heavy atom. The number of hydrogen-bond acceptors (Lipinski definition) is 2. The third kappa shape index (κ3) is 4.22. The standard InChI is InChI=1S/C16H17ClFNO/c1-20-7-6-13-4-2-3-5-16(13)19-11-12-8-14(17)10-15(18)9-12/h2-5,8-10,19H,6-7,11H2,1H3. The van der Waals surface area contributed by atoms with E-state index in [1.807, 2.05) is 18.2 Å². The van der Waals surface area contributed by atoms with Gasteiger partial charge in [-0.15, -0.1) is 0 Å². The molecular formula is C16H17ClFNO. The Morgan fingerprint density at radius 2 is 2.00 bits per heavy atom. The lowest BCUT2D eigenvalue weighted by atomic mass is 10.1. The molecule has 2 aromatic rings. The van der Waals surface area contributed by atoms with Gasteiger partial charge in [0.25, 0.3) is 0 Å². The molecule has 4 heteroatoms. The monoisotopic (exact) mass is 293 g/mol. The number of nitrogens with one attached hydrogen (secondary N) is 1. The molecule has 0 bridgehead atoms. The summed E-state index contributed by atoms with van der Waals surface area (Å²) in [5, 5.41) is 3.72. The van der Waals surface area contributed by atoms with Gasteiger partial charge in [0.2, 0.25) is 0 Å². The molecule has 1 N–H and O–H groups in total. The molecule has 0 spiro atoms. The van der Waals surface area contributed by atoms with E-state index in [0.717, 1.165) is 17.7 Å². The van der Waals surface area contributed by atoms with E-state index in [0.29, 0.717) is 18.2 Å². The summed E-state index contributed by atoms with van der Waals surface area (Å²) in [7, 11) is 1.69. The molecular weight excluding hydrogens is 277 g/mol. The molecule has 0 aliphatic carbocycles. The van der Waals surface area contributed by atoms with E-state index in [4.69, 9.17) is 16.3 Å². The maximum absolute atomic E-state index is 13.3. The van der Waals surface area contributed by atoms with Gasteiger partial charge in [0.15, 0.2) is 0 Å². The van der Waals surface area contributed by atoms with Crippen molar-refractivity contribution in [3.8, 4) is 0 Å². The normalized spacial score (nSPS) is 10.6. The Labute approximate surface area is 123 Å². The molecule has 106 valence electrons. The zero-order valence-electron chi connectivity index (χ0n) is 11.3. The maximum atomic E-state index is 13.3. The van der Waals surface area contributed by atoms with Gasteiger partial charge >= 0.3 is 0 Å². The third-order valence-electron chi connectivity index (χ3n) is 3.00. The molecule has 2 aromatic carbocycles. The second-order valence-corrected chi connectivity index (χ2v) is 4.97. The number of para-hydroxylation sites is 1. The number of halogens is 2. The van der Waals surface area contributed by atoms with Gasteiger partial charge in [-0.2, -0.15) is 0 Å². The first-order valence-corrected chi connectivity index (χ1v) is 6.82. The average Bonchev–Trinajstić information content (AvgIpc) is 2.43. The van der Waals surface area contributed by atoms with Gasteiger partial charge in [0.05, 0.1) is 6.61 Å². The minimum Gasteiger partial charge on any atom is -0.384 e. The van der Waals surface area contributed by atoms with E-state index >= 15 is 0 Å². The average molecular weight is 294 g/mol. The fourth-order valence-corrected chi connectivity index (χ4v) is 2.28. The van der Waals surface area contributed by atoms with Crippen LogP contribution < -0.4 is 5.32 Å². The van der Waals surface area contributed by atoms with E-state index in [1.54, 1.807) is 13.2 Å². The number of methoxy groups -OCH3 is 1. The minimum absolute atomic E-state index is 0.318. The summed E-state index contributed by atoms with van der Waals surface area (Å²) in [5.74, 6) is -0.318. The Hall–Kier alpha value is -1.58. The van der Waals surface area contributed by atoms with Crippen molar-refractivity contribution in [1.82, 2.24) is 0 Å². The molecule has 0 aliphatic rings. The molecule has 0 heterocycles. The van der Waals surface area contributed by atoms with Crippen molar-refractivity contribution in [2.45, 2.75) is 13.0 Å². The summed E-state index contributed by atoms with van der Waals surface area (Å²) in [4.78, 5) is 0. The largest absolute Gasteiger partial charge is 0.384 e. The molecule has 0 amide bonds. The fourth-order valence-electron chi connectivity index (χ4n) is 2.03. The number of benzene rings is 2. The lowest BCUT2D eigenvalue weighted by molar-refractivity contribution is 0.202. The Kier molecular flexibility index (Phi) is 5.39. The number of ether oxygens (including phenoxy) is 1. The summed E-state index contributed by atoms with van der Waals surface area (Å²) >= 11 is 5.85. The maximum Gasteiger partial charge on any atom is 0.125 e. The van der Waals surface area contributed by atoms with Crippen LogP contribution in [-0.2, 0) is 17.7 Å². The van der Waals surface area contributed by atoms with E-state index in [2.05, 4.69) is 11.4 Å². The first-order chi connectivity index (χ1) is 9.69. The van der Waals surface area contributed by atoms with Crippen LogP contribution >= 0.6 is 11.6 Å². The second-order valence-electron chi connectivity index (χ2n) is 4.53. The van der Waals surface area contributed by atoms with Crippen molar-refractivity contribution >= 4 is 17.3 Å². The third-order valence-corrected chi connectivity index (χ3v) is 3.22. The highest BCUT2D eigenvalue weighted by atomic mass is 35.5. The second kappa shape index (κ2) is 7.27. The van der Waals surface area contributed by atoms with Crippen LogP contribution in [0.1, 0.15) is 11.1 Å². The highest BCUT2D eigenvalue weighted by Crippen LogP contribution is 2.19. The molecule has 0 aromatic heterocycles. The van der Waals surface area contributed by atoms with Gasteiger partial charge in [0, 0.05) is 24.4 Å². The van der Waals surface area contributed by atoms with Crippen LogP contribution in [0.2, 0.25) is 5.02 Å². The van der Waals surface area contributed by atoms with Gasteiger partial charge in [0.1, 0.15) is 5.82 Å². The molecule has 0 aliphatic heterocycles. The molecule has 0 unspecified atom stereocenters. The van der Waals surface area contributed by atoms with E-state index in [1.165, 1.54) is 17.7 Å². The molecule has 0 fully saturated rings. The highest BCUT2D eigenvalue weighted by molar-refractivity contribution is 6.30. The molecule has 0 radical (unpaired) electrons. The smallest absolute Gasteiger partial charge is 0.125 e. The topological polar surface area (TPSA) is 21.3 Å². The van der Waals surface area contributed by atoms with Crippen molar-refractivity contribution in [2.75, 3.05) is 19.0 Å². The summed E-state index contributed by atoms with van der Waals surface area (Å²) in [5.41, 5.74) is 3.03. The molecule has 0 atom stereocenters. The van der Waals surface area contributed by atoms with Crippen LogP contribution in [0.25, 0.3) is 0 Å². The summed E-state index contributed by atoms with van der Waals surface area (Å²) in [6.45, 7) is 1.20. The molecule has 0 saturated heterocycles. The van der Waals surface area contributed by atoms with E-state index in [9.17, 15) is 4.39 Å². The predicted octanol–water partition coefficient (Wildman–Crippen LogP) is 4.28.